The molecule has 0 aliphatic rings. The van der Waals surface area contributed by atoms with Crippen LogP contribution in [0.5, 0.6) is 0 Å². The molecule has 0 aromatic heterocycles. The van der Waals surface area contributed by atoms with Gasteiger partial charge in [-0.1, -0.05) is 33.4 Å². The molecule has 0 amide bonds. The van der Waals surface area contributed by atoms with Gasteiger partial charge >= 0.3 is 0 Å². The van der Waals surface area contributed by atoms with E-state index in [4.69, 9.17) is 9.16 Å². The van der Waals surface area contributed by atoms with Crippen molar-refractivity contribution in [1.82, 2.24) is 0 Å². The molecule has 0 N–H and O–H groups in total. The molecule has 0 unspecified atom stereocenters. The minimum Gasteiger partial charge on any atom is -0.519 e. The lowest BCUT2D eigenvalue weighted by Gasteiger charge is -2.36. The van der Waals surface area contributed by atoms with E-state index in [1.54, 1.807) is 12.3 Å². The van der Waals surface area contributed by atoms with Gasteiger partial charge in [0, 0.05) is 0 Å². The molecule has 0 radical (unpaired) electrons. The van der Waals surface area contributed by atoms with Crippen molar-refractivity contribution in [3.05, 3.63) is 36.5 Å². The Morgan fingerprint density at radius 1 is 1.24 bits per heavy atom. The average Bonchev–Trinajstić information content (AvgIpc) is 2.21. The van der Waals surface area contributed by atoms with Crippen LogP contribution in [0.2, 0.25) is 18.1 Å². The first kappa shape index (κ1) is 16.0. The summed E-state index contributed by atoms with van der Waals surface area (Å²) >= 11 is 0. The monoisotopic (exact) mass is 254 g/mol. The van der Waals surface area contributed by atoms with Gasteiger partial charge in [-0.15, -0.1) is 0 Å². The third-order valence-electron chi connectivity index (χ3n) is 3.08. The Morgan fingerprint density at radius 2 is 1.76 bits per heavy atom. The highest BCUT2D eigenvalue weighted by molar-refractivity contribution is 6.74. The zero-order valence-corrected chi connectivity index (χ0v) is 13.3. The highest BCUT2D eigenvalue weighted by Crippen LogP contribution is 2.38. The molecule has 0 bridgehead atoms. The van der Waals surface area contributed by atoms with Crippen LogP contribution in [0.15, 0.2) is 36.5 Å². The molecule has 0 rings (SSSR count). The molecule has 0 aliphatic heterocycles. The van der Waals surface area contributed by atoms with E-state index < -0.39 is 8.32 Å². The zero-order chi connectivity index (χ0) is 13.7. The number of hydrogen-bond acceptors (Lipinski definition) is 2. The van der Waals surface area contributed by atoms with Crippen molar-refractivity contribution in [3.8, 4) is 0 Å². The summed E-state index contributed by atoms with van der Waals surface area (Å²) in [6.07, 6.45) is 5.27. The molecule has 0 aliphatic carbocycles. The summed E-state index contributed by atoms with van der Waals surface area (Å²) < 4.78 is 11.6. The minimum absolute atomic E-state index is 0.168. The second kappa shape index (κ2) is 6.10. The molecule has 0 fully saturated rings. The molecule has 0 saturated heterocycles. The molecule has 0 aromatic rings. The van der Waals surface area contributed by atoms with E-state index in [0.29, 0.717) is 5.95 Å². The maximum atomic E-state index is 6.05. The zero-order valence-electron chi connectivity index (χ0n) is 12.3. The molecular formula is C14H26O2Si. The number of hydrogen-bond donors (Lipinski definition) is 0. The number of allylic oxidation sites excluding steroid dienone is 3. The van der Waals surface area contributed by atoms with Gasteiger partial charge in [0.15, 0.2) is 0 Å². The summed E-state index contributed by atoms with van der Waals surface area (Å²) in [6, 6.07) is 0. The van der Waals surface area contributed by atoms with E-state index in [9.17, 15) is 0 Å². The van der Waals surface area contributed by atoms with Crippen LogP contribution in [0.25, 0.3) is 0 Å². The van der Waals surface area contributed by atoms with Crippen LogP contribution < -0.4 is 0 Å². The lowest BCUT2D eigenvalue weighted by atomic mass is 10.2. The lowest BCUT2D eigenvalue weighted by Crippen LogP contribution is -2.40. The Kier molecular flexibility index (Phi) is 5.76. The fourth-order valence-corrected chi connectivity index (χ4v) is 1.73. The van der Waals surface area contributed by atoms with E-state index >= 15 is 0 Å². The summed E-state index contributed by atoms with van der Waals surface area (Å²) in [5.41, 5.74) is 0.975. The Morgan fingerprint density at radius 3 is 2.12 bits per heavy atom. The smallest absolute Gasteiger partial charge is 0.265 e. The Hall–Kier alpha value is -0.963. The van der Waals surface area contributed by atoms with Crippen LogP contribution in [0.1, 0.15) is 34.6 Å². The van der Waals surface area contributed by atoms with Gasteiger partial charge in [0.25, 0.3) is 14.3 Å². The Labute approximate surface area is 107 Å². The first-order chi connectivity index (χ1) is 7.64. The summed E-state index contributed by atoms with van der Waals surface area (Å²) in [6.45, 7) is 18.5. The largest absolute Gasteiger partial charge is 0.519 e. The summed E-state index contributed by atoms with van der Waals surface area (Å²) in [4.78, 5) is 0. The van der Waals surface area contributed by atoms with Gasteiger partial charge in [-0.2, -0.15) is 0 Å². The predicted octanol–water partition coefficient (Wildman–Crippen LogP) is 4.98. The minimum atomic E-state index is -1.82. The Balaban J connectivity index is 4.70. The van der Waals surface area contributed by atoms with Gasteiger partial charge in [0.2, 0.25) is 0 Å². The molecule has 0 spiro atoms. The summed E-state index contributed by atoms with van der Waals surface area (Å²) in [7, 11) is -1.82. The third kappa shape index (κ3) is 5.26. The third-order valence-corrected chi connectivity index (χ3v) is 7.40. The van der Waals surface area contributed by atoms with Crippen LogP contribution in [-0.2, 0) is 9.16 Å². The van der Waals surface area contributed by atoms with Crippen molar-refractivity contribution in [2.45, 2.75) is 52.8 Å². The summed E-state index contributed by atoms with van der Waals surface area (Å²) in [5.74, 6) is 0.581. The van der Waals surface area contributed by atoms with Crippen LogP contribution in [0.4, 0.5) is 0 Å². The summed E-state index contributed by atoms with van der Waals surface area (Å²) in [5, 5.41) is 0.168. The second-order valence-corrected chi connectivity index (χ2v) is 10.4. The van der Waals surface area contributed by atoms with Gasteiger partial charge in [-0.25, -0.2) is 0 Å². The lowest BCUT2D eigenvalue weighted by molar-refractivity contribution is 0.170. The maximum Gasteiger partial charge on any atom is 0.265 e. The molecule has 0 aromatic carbocycles. The van der Waals surface area contributed by atoms with Crippen LogP contribution in [-0.4, -0.2) is 8.32 Å². The maximum absolute atomic E-state index is 6.05. The van der Waals surface area contributed by atoms with Gasteiger partial charge in [-0.05, 0) is 43.6 Å². The first-order valence-corrected chi connectivity index (χ1v) is 8.86. The predicted molar refractivity (Wildman–Crippen MR) is 77.1 cm³/mol. The van der Waals surface area contributed by atoms with Crippen molar-refractivity contribution in [2.24, 2.45) is 0 Å². The van der Waals surface area contributed by atoms with Gasteiger partial charge < -0.3 is 9.16 Å². The van der Waals surface area contributed by atoms with E-state index in [0.717, 1.165) is 5.57 Å². The number of rotatable bonds is 5. The highest BCUT2D eigenvalue weighted by Gasteiger charge is 2.39. The van der Waals surface area contributed by atoms with Gasteiger partial charge in [-0.3, -0.25) is 0 Å². The molecule has 0 atom stereocenters. The standard InChI is InChI=1S/C14H26O2Si/c1-9-12(3)11-15-13(10-2)16-17(7,8)14(4,5)6/h9-11H,1H2,2-8H3/b12-11+,13-10-. The second-order valence-electron chi connectivity index (χ2n) is 5.65. The quantitative estimate of drug-likeness (QED) is 0.391. The first-order valence-electron chi connectivity index (χ1n) is 5.95. The molecule has 0 heterocycles. The molecule has 3 heteroatoms. The van der Waals surface area contributed by atoms with Crippen molar-refractivity contribution < 1.29 is 9.16 Å². The van der Waals surface area contributed by atoms with E-state index in [1.165, 1.54) is 0 Å². The Bertz CT molecular complexity index is 320. The van der Waals surface area contributed by atoms with Gasteiger partial charge in [0.05, 0.1) is 6.26 Å². The number of ether oxygens (including phenoxy) is 1. The van der Waals surface area contributed by atoms with Crippen molar-refractivity contribution >= 4 is 8.32 Å². The highest BCUT2D eigenvalue weighted by atomic mass is 28.4. The van der Waals surface area contributed by atoms with E-state index in [1.807, 2.05) is 19.9 Å². The SMILES string of the molecule is C=C/C(C)=C/O/C(=C/C)O[Si](C)(C)C(C)(C)C. The van der Waals surface area contributed by atoms with E-state index in [-0.39, 0.29) is 5.04 Å². The average molecular weight is 254 g/mol. The van der Waals surface area contributed by atoms with Gasteiger partial charge in [0.1, 0.15) is 0 Å². The molecule has 17 heavy (non-hydrogen) atoms. The van der Waals surface area contributed by atoms with Crippen molar-refractivity contribution in [2.75, 3.05) is 0 Å². The molecule has 98 valence electrons. The van der Waals surface area contributed by atoms with Crippen LogP contribution in [0, 0.1) is 0 Å². The molecular weight excluding hydrogens is 228 g/mol. The fourth-order valence-electron chi connectivity index (χ4n) is 0.755. The topological polar surface area (TPSA) is 18.5 Å². The fraction of sp³-hybridized carbons (Fsp3) is 0.571. The molecule has 0 saturated carbocycles. The van der Waals surface area contributed by atoms with E-state index in [2.05, 4.69) is 40.4 Å². The normalized spacial score (nSPS) is 14.5. The van der Waals surface area contributed by atoms with Crippen molar-refractivity contribution in [3.63, 3.8) is 0 Å². The van der Waals surface area contributed by atoms with Crippen LogP contribution in [0.3, 0.4) is 0 Å². The van der Waals surface area contributed by atoms with Crippen LogP contribution >= 0.6 is 0 Å². The van der Waals surface area contributed by atoms with Crippen molar-refractivity contribution in [1.29, 1.82) is 0 Å². The molecule has 2 nitrogen and oxygen atoms in total.